The van der Waals surface area contributed by atoms with E-state index in [0.29, 0.717) is 6.01 Å². The molecule has 0 aliphatic rings. The van der Waals surface area contributed by atoms with Crippen LogP contribution in [-0.4, -0.2) is 25.2 Å². The van der Waals surface area contributed by atoms with Crippen LogP contribution in [0.3, 0.4) is 0 Å². The summed E-state index contributed by atoms with van der Waals surface area (Å²) in [7, 11) is 2.01. The number of benzene rings is 2. The van der Waals surface area contributed by atoms with E-state index < -0.39 is 0 Å². The van der Waals surface area contributed by atoms with Crippen LogP contribution in [-0.2, 0) is 0 Å². The van der Waals surface area contributed by atoms with Gasteiger partial charge in [-0.25, -0.2) is 0 Å². The fraction of sp³-hybridized carbons (Fsp3) is 0.316. The van der Waals surface area contributed by atoms with Crippen LogP contribution in [0.4, 0.5) is 6.01 Å². The molecule has 4 nitrogen and oxygen atoms in total. The van der Waals surface area contributed by atoms with Gasteiger partial charge in [0, 0.05) is 13.6 Å². The van der Waals surface area contributed by atoms with E-state index in [1.165, 1.54) is 5.56 Å². The normalized spacial score (nSPS) is 10.9. The van der Waals surface area contributed by atoms with Crippen molar-refractivity contribution in [3.05, 3.63) is 54.1 Å². The topological polar surface area (TPSA) is 38.5 Å². The number of rotatable bonds is 7. The first-order chi connectivity index (χ1) is 11.2. The molecule has 0 unspecified atom stereocenters. The van der Waals surface area contributed by atoms with Crippen LogP contribution in [0, 0.1) is 6.92 Å². The van der Waals surface area contributed by atoms with Crippen molar-refractivity contribution in [2.45, 2.75) is 19.8 Å². The minimum atomic E-state index is 0.672. The SMILES string of the molecule is Cc1ccc(OCCCCN(C)c2nc3ccccc3o2)cc1. The number of aromatic nitrogens is 1. The third-order valence-corrected chi connectivity index (χ3v) is 3.79. The molecule has 0 atom stereocenters. The molecular formula is C19H22N2O2. The van der Waals surface area contributed by atoms with Crippen LogP contribution in [0.25, 0.3) is 11.1 Å². The molecule has 1 heterocycles. The largest absolute Gasteiger partial charge is 0.494 e. The quantitative estimate of drug-likeness (QED) is 0.605. The smallest absolute Gasteiger partial charge is 0.298 e. The van der Waals surface area contributed by atoms with E-state index >= 15 is 0 Å². The lowest BCUT2D eigenvalue weighted by atomic mass is 10.2. The van der Waals surface area contributed by atoms with Crippen LogP contribution in [0.15, 0.2) is 52.9 Å². The Labute approximate surface area is 136 Å². The minimum absolute atomic E-state index is 0.672. The van der Waals surface area contributed by atoms with E-state index in [1.807, 2.05) is 48.3 Å². The number of hydrogen-bond acceptors (Lipinski definition) is 4. The van der Waals surface area contributed by atoms with Crippen LogP contribution in [0.2, 0.25) is 0 Å². The number of fused-ring (bicyclic) bond motifs is 1. The molecule has 23 heavy (non-hydrogen) atoms. The fourth-order valence-corrected chi connectivity index (χ4v) is 2.39. The second kappa shape index (κ2) is 7.18. The fourth-order valence-electron chi connectivity index (χ4n) is 2.39. The Hall–Kier alpha value is -2.49. The van der Waals surface area contributed by atoms with Crippen LogP contribution >= 0.6 is 0 Å². The standard InChI is InChI=1S/C19H22N2O2/c1-15-9-11-16(12-10-15)22-14-6-5-13-21(2)19-20-17-7-3-4-8-18(17)23-19/h3-4,7-12H,5-6,13-14H2,1-2H3. The number of nitrogens with zero attached hydrogens (tertiary/aromatic N) is 2. The molecule has 3 rings (SSSR count). The summed E-state index contributed by atoms with van der Waals surface area (Å²) in [6.45, 7) is 3.69. The maximum absolute atomic E-state index is 5.75. The first-order valence-electron chi connectivity index (χ1n) is 7.98. The molecule has 1 aromatic heterocycles. The highest BCUT2D eigenvalue weighted by atomic mass is 16.5. The first-order valence-corrected chi connectivity index (χ1v) is 7.98. The molecule has 0 amide bonds. The third kappa shape index (κ3) is 4.03. The molecule has 0 N–H and O–H groups in total. The summed E-state index contributed by atoms with van der Waals surface area (Å²) in [5.41, 5.74) is 2.98. The number of oxazole rings is 1. The second-order valence-electron chi connectivity index (χ2n) is 5.75. The van der Waals surface area contributed by atoms with Crippen molar-refractivity contribution in [3.63, 3.8) is 0 Å². The van der Waals surface area contributed by atoms with E-state index in [1.54, 1.807) is 0 Å². The van der Waals surface area contributed by atoms with Gasteiger partial charge >= 0.3 is 0 Å². The van der Waals surface area contributed by atoms with Crippen molar-refractivity contribution in [1.29, 1.82) is 0 Å². The van der Waals surface area contributed by atoms with E-state index in [4.69, 9.17) is 9.15 Å². The van der Waals surface area contributed by atoms with Crippen LogP contribution < -0.4 is 9.64 Å². The predicted molar refractivity (Wildman–Crippen MR) is 93.2 cm³/mol. The maximum Gasteiger partial charge on any atom is 0.298 e. The Kier molecular flexibility index (Phi) is 4.81. The van der Waals surface area contributed by atoms with Crippen molar-refractivity contribution < 1.29 is 9.15 Å². The van der Waals surface area contributed by atoms with Gasteiger partial charge in [0.2, 0.25) is 0 Å². The number of ether oxygens (including phenoxy) is 1. The van der Waals surface area contributed by atoms with Gasteiger partial charge in [-0.3, -0.25) is 0 Å². The van der Waals surface area contributed by atoms with Gasteiger partial charge in [0.05, 0.1) is 6.61 Å². The van der Waals surface area contributed by atoms with E-state index in [2.05, 4.69) is 24.0 Å². The number of unbranched alkanes of at least 4 members (excludes halogenated alkanes) is 1. The zero-order valence-corrected chi connectivity index (χ0v) is 13.7. The molecule has 0 aliphatic heterocycles. The van der Waals surface area contributed by atoms with Crippen molar-refractivity contribution >= 4 is 17.1 Å². The zero-order valence-electron chi connectivity index (χ0n) is 13.7. The molecular weight excluding hydrogens is 288 g/mol. The Bertz CT molecular complexity index is 716. The molecule has 120 valence electrons. The summed E-state index contributed by atoms with van der Waals surface area (Å²) < 4.78 is 11.5. The van der Waals surface area contributed by atoms with Gasteiger partial charge in [0.25, 0.3) is 6.01 Å². The maximum atomic E-state index is 5.75. The summed E-state index contributed by atoms with van der Waals surface area (Å²) in [4.78, 5) is 6.54. The van der Waals surface area contributed by atoms with Crippen molar-refractivity contribution in [2.24, 2.45) is 0 Å². The average Bonchev–Trinajstić information content (AvgIpc) is 3.00. The number of anilines is 1. The monoisotopic (exact) mass is 310 g/mol. The Morgan fingerprint density at radius 1 is 1.04 bits per heavy atom. The zero-order chi connectivity index (χ0) is 16.1. The lowest BCUT2D eigenvalue weighted by Crippen LogP contribution is -2.19. The Morgan fingerprint density at radius 2 is 1.83 bits per heavy atom. The average molecular weight is 310 g/mol. The molecule has 3 aromatic rings. The summed E-state index contributed by atoms with van der Waals surface area (Å²) in [5, 5.41) is 0. The highest BCUT2D eigenvalue weighted by Crippen LogP contribution is 2.20. The lowest BCUT2D eigenvalue weighted by molar-refractivity contribution is 0.307. The number of aryl methyl sites for hydroxylation is 1. The molecule has 4 heteroatoms. The Balaban J connectivity index is 1.42. The highest BCUT2D eigenvalue weighted by Gasteiger charge is 2.09. The van der Waals surface area contributed by atoms with E-state index in [9.17, 15) is 0 Å². The first kappa shape index (κ1) is 15.4. The molecule has 0 spiro atoms. The number of para-hydroxylation sites is 2. The van der Waals surface area contributed by atoms with Gasteiger partial charge in [0.15, 0.2) is 5.58 Å². The molecule has 0 bridgehead atoms. The van der Waals surface area contributed by atoms with Crippen molar-refractivity contribution in [1.82, 2.24) is 4.98 Å². The van der Waals surface area contributed by atoms with Gasteiger partial charge in [-0.05, 0) is 44.0 Å². The van der Waals surface area contributed by atoms with Gasteiger partial charge in [-0.2, -0.15) is 4.98 Å². The molecule has 0 aliphatic carbocycles. The summed E-state index contributed by atoms with van der Waals surface area (Å²) >= 11 is 0. The molecule has 0 fully saturated rings. The molecule has 2 aromatic carbocycles. The van der Waals surface area contributed by atoms with Crippen LogP contribution in [0.5, 0.6) is 5.75 Å². The van der Waals surface area contributed by atoms with Gasteiger partial charge in [-0.1, -0.05) is 29.8 Å². The van der Waals surface area contributed by atoms with Crippen molar-refractivity contribution in [2.75, 3.05) is 25.1 Å². The molecule has 0 radical (unpaired) electrons. The van der Waals surface area contributed by atoms with Gasteiger partial charge in [-0.15, -0.1) is 0 Å². The van der Waals surface area contributed by atoms with Crippen molar-refractivity contribution in [3.8, 4) is 5.75 Å². The Morgan fingerprint density at radius 3 is 2.61 bits per heavy atom. The predicted octanol–water partition coefficient (Wildman–Crippen LogP) is 4.43. The number of hydrogen-bond donors (Lipinski definition) is 0. The lowest BCUT2D eigenvalue weighted by Gasteiger charge is -2.14. The highest BCUT2D eigenvalue weighted by molar-refractivity contribution is 5.74. The van der Waals surface area contributed by atoms with Gasteiger partial charge < -0.3 is 14.1 Å². The molecule has 0 saturated carbocycles. The third-order valence-electron chi connectivity index (χ3n) is 3.79. The summed E-state index contributed by atoms with van der Waals surface area (Å²) in [5.74, 6) is 0.933. The minimum Gasteiger partial charge on any atom is -0.494 e. The van der Waals surface area contributed by atoms with E-state index in [-0.39, 0.29) is 0 Å². The summed E-state index contributed by atoms with van der Waals surface area (Å²) in [6, 6.07) is 16.7. The second-order valence-corrected chi connectivity index (χ2v) is 5.75. The molecule has 0 saturated heterocycles. The summed E-state index contributed by atoms with van der Waals surface area (Å²) in [6.07, 6.45) is 2.03. The van der Waals surface area contributed by atoms with E-state index in [0.717, 1.165) is 42.8 Å². The van der Waals surface area contributed by atoms with Crippen LogP contribution in [0.1, 0.15) is 18.4 Å². The van der Waals surface area contributed by atoms with Gasteiger partial charge in [0.1, 0.15) is 11.3 Å².